The molecule has 1 aromatic rings. The lowest BCUT2D eigenvalue weighted by Crippen LogP contribution is -2.55. The standard InChI is InChI=1S/C16H19ClO/c17-15-4-2-1-3-14(15)16(18)12-6-10-5-11(8-12)9-13(16)7-10/h1-4,10-13,18H,5-9H2. The molecule has 4 aliphatic carbocycles. The number of hydrogen-bond donors (Lipinski definition) is 1. The van der Waals surface area contributed by atoms with Crippen molar-refractivity contribution in [3.8, 4) is 0 Å². The lowest BCUT2D eigenvalue weighted by atomic mass is 9.48. The lowest BCUT2D eigenvalue weighted by Gasteiger charge is -2.59. The molecule has 4 bridgehead atoms. The maximum atomic E-state index is 11.4. The number of halogens is 1. The summed E-state index contributed by atoms with van der Waals surface area (Å²) in [6.07, 6.45) is 6.22. The van der Waals surface area contributed by atoms with E-state index in [9.17, 15) is 5.11 Å². The zero-order valence-electron chi connectivity index (χ0n) is 10.5. The van der Waals surface area contributed by atoms with Gasteiger partial charge in [-0.3, -0.25) is 0 Å². The first-order valence-corrected chi connectivity index (χ1v) is 7.53. The molecule has 0 atom stereocenters. The van der Waals surface area contributed by atoms with Crippen molar-refractivity contribution in [1.82, 2.24) is 0 Å². The van der Waals surface area contributed by atoms with Crippen LogP contribution in [0.4, 0.5) is 0 Å². The second kappa shape index (κ2) is 3.74. The van der Waals surface area contributed by atoms with E-state index in [2.05, 4.69) is 0 Å². The SMILES string of the molecule is OC1(c2ccccc2Cl)C2CC3CC(C2)CC1C3. The van der Waals surface area contributed by atoms with Gasteiger partial charge in [-0.2, -0.15) is 0 Å². The van der Waals surface area contributed by atoms with Gasteiger partial charge in [-0.05, 0) is 61.8 Å². The number of hydrogen-bond acceptors (Lipinski definition) is 1. The Morgan fingerprint density at radius 1 is 0.944 bits per heavy atom. The second-order valence-corrected chi connectivity index (χ2v) is 7.02. The molecule has 5 rings (SSSR count). The molecule has 96 valence electrons. The lowest BCUT2D eigenvalue weighted by molar-refractivity contribution is -0.179. The molecule has 0 aliphatic heterocycles. The van der Waals surface area contributed by atoms with Gasteiger partial charge in [-0.25, -0.2) is 0 Å². The Kier molecular flexibility index (Phi) is 2.35. The summed E-state index contributed by atoms with van der Waals surface area (Å²) in [5.74, 6) is 2.62. The first kappa shape index (κ1) is 11.3. The van der Waals surface area contributed by atoms with E-state index in [0.717, 1.165) is 22.4 Å². The van der Waals surface area contributed by atoms with Crippen molar-refractivity contribution in [2.75, 3.05) is 0 Å². The van der Waals surface area contributed by atoms with Gasteiger partial charge in [0.2, 0.25) is 0 Å². The zero-order valence-corrected chi connectivity index (χ0v) is 11.2. The fourth-order valence-electron chi connectivity index (χ4n) is 5.13. The summed E-state index contributed by atoms with van der Waals surface area (Å²) in [6, 6.07) is 7.90. The number of benzene rings is 1. The highest BCUT2D eigenvalue weighted by atomic mass is 35.5. The van der Waals surface area contributed by atoms with Crippen LogP contribution in [0.3, 0.4) is 0 Å². The van der Waals surface area contributed by atoms with Crippen molar-refractivity contribution in [1.29, 1.82) is 0 Å². The molecule has 0 heterocycles. The summed E-state index contributed by atoms with van der Waals surface area (Å²) >= 11 is 6.35. The van der Waals surface area contributed by atoms with E-state index >= 15 is 0 Å². The van der Waals surface area contributed by atoms with Crippen LogP contribution in [0.1, 0.15) is 37.7 Å². The van der Waals surface area contributed by atoms with Crippen LogP contribution in [0.5, 0.6) is 0 Å². The highest BCUT2D eigenvalue weighted by Crippen LogP contribution is 2.62. The molecule has 4 saturated carbocycles. The molecule has 0 amide bonds. The van der Waals surface area contributed by atoms with Crippen LogP contribution in [0.15, 0.2) is 24.3 Å². The van der Waals surface area contributed by atoms with Crippen molar-refractivity contribution in [3.05, 3.63) is 34.9 Å². The van der Waals surface area contributed by atoms with Gasteiger partial charge < -0.3 is 5.11 Å². The van der Waals surface area contributed by atoms with E-state index in [1.165, 1.54) is 32.1 Å². The van der Waals surface area contributed by atoms with E-state index in [-0.39, 0.29) is 0 Å². The van der Waals surface area contributed by atoms with Crippen molar-refractivity contribution in [2.24, 2.45) is 23.7 Å². The third-order valence-electron chi connectivity index (χ3n) is 5.69. The average Bonchev–Trinajstić information content (AvgIpc) is 2.35. The van der Waals surface area contributed by atoms with Crippen LogP contribution in [0.2, 0.25) is 5.02 Å². The van der Waals surface area contributed by atoms with Crippen molar-refractivity contribution in [2.45, 2.75) is 37.7 Å². The Hall–Kier alpha value is -0.530. The number of aliphatic hydroxyl groups is 1. The highest BCUT2D eigenvalue weighted by Gasteiger charge is 2.57. The van der Waals surface area contributed by atoms with Crippen molar-refractivity contribution >= 4 is 11.6 Å². The minimum atomic E-state index is -0.647. The fraction of sp³-hybridized carbons (Fsp3) is 0.625. The van der Waals surface area contributed by atoms with Gasteiger partial charge >= 0.3 is 0 Å². The predicted octanol–water partition coefficient (Wildman–Crippen LogP) is 3.98. The average molecular weight is 263 g/mol. The summed E-state index contributed by atoms with van der Waals surface area (Å²) in [5.41, 5.74) is 0.339. The molecular formula is C16H19ClO. The molecule has 1 aromatic carbocycles. The minimum absolute atomic E-state index is 0.439. The van der Waals surface area contributed by atoms with Gasteiger partial charge in [0, 0.05) is 10.6 Å². The molecule has 1 N–H and O–H groups in total. The maximum absolute atomic E-state index is 11.4. The van der Waals surface area contributed by atoms with Gasteiger partial charge in [0.05, 0.1) is 5.60 Å². The van der Waals surface area contributed by atoms with Crippen LogP contribution < -0.4 is 0 Å². The quantitative estimate of drug-likeness (QED) is 0.812. The topological polar surface area (TPSA) is 20.2 Å². The second-order valence-electron chi connectivity index (χ2n) is 6.61. The summed E-state index contributed by atoms with van der Waals surface area (Å²) < 4.78 is 0. The summed E-state index contributed by atoms with van der Waals surface area (Å²) in [5, 5.41) is 12.1. The molecule has 0 unspecified atom stereocenters. The van der Waals surface area contributed by atoms with Crippen LogP contribution >= 0.6 is 11.6 Å². The molecule has 18 heavy (non-hydrogen) atoms. The van der Waals surface area contributed by atoms with E-state index < -0.39 is 5.60 Å². The van der Waals surface area contributed by atoms with Gasteiger partial charge in [-0.1, -0.05) is 29.8 Å². The zero-order chi connectivity index (χ0) is 12.3. The Bertz CT molecular complexity index is 454. The van der Waals surface area contributed by atoms with Gasteiger partial charge in [0.15, 0.2) is 0 Å². The van der Waals surface area contributed by atoms with Crippen molar-refractivity contribution < 1.29 is 5.11 Å². The van der Waals surface area contributed by atoms with E-state index in [0.29, 0.717) is 11.8 Å². The largest absolute Gasteiger partial charge is 0.385 e. The molecule has 0 radical (unpaired) electrons. The Morgan fingerprint density at radius 2 is 1.50 bits per heavy atom. The molecule has 2 heteroatoms. The third kappa shape index (κ3) is 1.38. The van der Waals surface area contributed by atoms with Gasteiger partial charge in [0.25, 0.3) is 0 Å². The van der Waals surface area contributed by atoms with Gasteiger partial charge in [0.1, 0.15) is 0 Å². The van der Waals surface area contributed by atoms with E-state index in [4.69, 9.17) is 11.6 Å². The van der Waals surface area contributed by atoms with Crippen LogP contribution in [0, 0.1) is 23.7 Å². The molecule has 0 spiro atoms. The first-order chi connectivity index (χ1) is 8.68. The molecule has 4 fully saturated rings. The fourth-order valence-corrected chi connectivity index (χ4v) is 5.42. The van der Waals surface area contributed by atoms with Crippen LogP contribution in [-0.4, -0.2) is 5.11 Å². The Labute approximate surface area is 113 Å². The molecule has 0 aromatic heterocycles. The normalized spacial score (nSPS) is 45.4. The molecule has 1 nitrogen and oxygen atoms in total. The smallest absolute Gasteiger partial charge is 0.0967 e. The molecule has 0 saturated heterocycles. The first-order valence-electron chi connectivity index (χ1n) is 7.15. The maximum Gasteiger partial charge on any atom is 0.0967 e. The summed E-state index contributed by atoms with van der Waals surface area (Å²) in [4.78, 5) is 0. The van der Waals surface area contributed by atoms with E-state index in [1.54, 1.807) is 0 Å². The predicted molar refractivity (Wildman–Crippen MR) is 72.4 cm³/mol. The summed E-state index contributed by atoms with van der Waals surface area (Å²) in [7, 11) is 0. The monoisotopic (exact) mass is 262 g/mol. The Balaban J connectivity index is 1.81. The number of rotatable bonds is 1. The Morgan fingerprint density at radius 3 is 2.06 bits per heavy atom. The van der Waals surface area contributed by atoms with Gasteiger partial charge in [-0.15, -0.1) is 0 Å². The van der Waals surface area contributed by atoms with Crippen LogP contribution in [-0.2, 0) is 5.60 Å². The van der Waals surface area contributed by atoms with E-state index in [1.807, 2.05) is 24.3 Å². The minimum Gasteiger partial charge on any atom is -0.385 e. The van der Waals surface area contributed by atoms with Crippen molar-refractivity contribution in [3.63, 3.8) is 0 Å². The van der Waals surface area contributed by atoms with Crippen LogP contribution in [0.25, 0.3) is 0 Å². The highest BCUT2D eigenvalue weighted by molar-refractivity contribution is 6.31. The molecular weight excluding hydrogens is 244 g/mol. The molecule has 4 aliphatic rings. The summed E-state index contributed by atoms with van der Waals surface area (Å²) in [6.45, 7) is 0. The third-order valence-corrected chi connectivity index (χ3v) is 6.02.